The highest BCUT2D eigenvalue weighted by molar-refractivity contribution is 5.91. The van der Waals surface area contributed by atoms with E-state index in [4.69, 9.17) is 4.98 Å². The molecule has 0 radical (unpaired) electrons. The molecule has 0 saturated carbocycles. The maximum atomic E-state index is 4.71. The summed E-state index contributed by atoms with van der Waals surface area (Å²) < 4.78 is 0. The van der Waals surface area contributed by atoms with Gasteiger partial charge in [-0.3, -0.25) is 9.97 Å². The van der Waals surface area contributed by atoms with Gasteiger partial charge in [0.05, 0.1) is 11.7 Å². The van der Waals surface area contributed by atoms with Crippen molar-refractivity contribution in [3.05, 3.63) is 72.8 Å². The normalized spacial score (nSPS) is 10.7. The van der Waals surface area contributed by atoms with Gasteiger partial charge in [-0.2, -0.15) is 0 Å². The number of nitrogens with one attached hydrogen (secondary N) is 1. The lowest BCUT2D eigenvalue weighted by Crippen LogP contribution is -1.99. The molecule has 3 aromatic heterocycles. The van der Waals surface area contributed by atoms with Crippen LogP contribution in [0.25, 0.3) is 22.3 Å². The molecule has 4 rings (SSSR count). The molecule has 3 heterocycles. The number of hydrogen-bond donors (Lipinski definition) is 1. The molecule has 0 spiro atoms. The standard InChI is InChI=1S/C19H15N5/c1-13-2-4-15(5-3-13)22-19-16-8-11-21-12-17(16)23-18(24-19)14-6-9-20-10-7-14/h2-12H,1H3,(H,22,23,24). The van der Waals surface area contributed by atoms with Gasteiger partial charge in [-0.25, -0.2) is 9.97 Å². The molecule has 0 aliphatic rings. The molecule has 116 valence electrons. The highest BCUT2D eigenvalue weighted by atomic mass is 15.0. The Hall–Kier alpha value is -3.34. The molecule has 4 aromatic rings. The molecule has 5 nitrogen and oxygen atoms in total. The van der Waals surface area contributed by atoms with Crippen molar-refractivity contribution in [2.75, 3.05) is 5.32 Å². The molecule has 0 atom stereocenters. The van der Waals surface area contributed by atoms with E-state index in [2.05, 4.69) is 39.3 Å². The van der Waals surface area contributed by atoms with Crippen molar-refractivity contribution in [1.82, 2.24) is 19.9 Å². The maximum Gasteiger partial charge on any atom is 0.162 e. The van der Waals surface area contributed by atoms with Crippen LogP contribution < -0.4 is 5.32 Å². The summed E-state index contributed by atoms with van der Waals surface area (Å²) >= 11 is 0. The van der Waals surface area contributed by atoms with Crippen LogP contribution >= 0.6 is 0 Å². The monoisotopic (exact) mass is 313 g/mol. The molecular weight excluding hydrogens is 298 g/mol. The zero-order valence-electron chi connectivity index (χ0n) is 13.1. The number of anilines is 2. The van der Waals surface area contributed by atoms with Gasteiger partial charge < -0.3 is 5.32 Å². The summed E-state index contributed by atoms with van der Waals surface area (Å²) in [6.07, 6.45) is 6.97. The van der Waals surface area contributed by atoms with Gasteiger partial charge in [0.25, 0.3) is 0 Å². The van der Waals surface area contributed by atoms with Crippen molar-refractivity contribution >= 4 is 22.4 Å². The van der Waals surface area contributed by atoms with Crippen LogP contribution in [-0.4, -0.2) is 19.9 Å². The molecule has 0 saturated heterocycles. The van der Waals surface area contributed by atoms with Gasteiger partial charge in [0.15, 0.2) is 5.82 Å². The Balaban J connectivity index is 1.85. The number of benzene rings is 1. The van der Waals surface area contributed by atoms with E-state index in [-0.39, 0.29) is 0 Å². The fourth-order valence-electron chi connectivity index (χ4n) is 2.48. The molecule has 0 unspecified atom stereocenters. The largest absolute Gasteiger partial charge is 0.340 e. The highest BCUT2D eigenvalue weighted by Gasteiger charge is 2.09. The Morgan fingerprint density at radius 1 is 0.792 bits per heavy atom. The van der Waals surface area contributed by atoms with Crippen molar-refractivity contribution in [2.45, 2.75) is 6.92 Å². The van der Waals surface area contributed by atoms with E-state index in [1.54, 1.807) is 24.8 Å². The topological polar surface area (TPSA) is 63.6 Å². The van der Waals surface area contributed by atoms with E-state index in [0.29, 0.717) is 5.82 Å². The van der Waals surface area contributed by atoms with Crippen LogP contribution in [0.4, 0.5) is 11.5 Å². The summed E-state index contributed by atoms with van der Waals surface area (Å²) in [4.78, 5) is 17.6. The van der Waals surface area contributed by atoms with Crippen LogP contribution in [0.5, 0.6) is 0 Å². The van der Waals surface area contributed by atoms with Crippen molar-refractivity contribution in [3.8, 4) is 11.4 Å². The highest BCUT2D eigenvalue weighted by Crippen LogP contribution is 2.26. The second kappa shape index (κ2) is 6.04. The molecule has 0 bridgehead atoms. The van der Waals surface area contributed by atoms with Crippen molar-refractivity contribution in [2.24, 2.45) is 0 Å². The number of rotatable bonds is 3. The lowest BCUT2D eigenvalue weighted by Gasteiger charge is -2.11. The van der Waals surface area contributed by atoms with Crippen molar-refractivity contribution in [1.29, 1.82) is 0 Å². The zero-order chi connectivity index (χ0) is 16.4. The molecule has 0 aliphatic carbocycles. The number of hydrogen-bond acceptors (Lipinski definition) is 5. The third kappa shape index (κ3) is 2.79. The van der Waals surface area contributed by atoms with Crippen LogP contribution in [-0.2, 0) is 0 Å². The summed E-state index contributed by atoms with van der Waals surface area (Å²) in [6, 6.07) is 13.9. The molecular formula is C19H15N5. The van der Waals surface area contributed by atoms with Gasteiger partial charge in [-0.1, -0.05) is 17.7 Å². The van der Waals surface area contributed by atoms with Crippen molar-refractivity contribution < 1.29 is 0 Å². The third-order valence-electron chi connectivity index (χ3n) is 3.75. The summed E-state index contributed by atoms with van der Waals surface area (Å²) in [5.41, 5.74) is 3.92. The van der Waals surface area contributed by atoms with E-state index in [1.165, 1.54) is 5.56 Å². The Morgan fingerprint density at radius 2 is 1.54 bits per heavy atom. The van der Waals surface area contributed by atoms with Gasteiger partial charge in [0.2, 0.25) is 0 Å². The first-order valence-corrected chi connectivity index (χ1v) is 7.65. The fourth-order valence-corrected chi connectivity index (χ4v) is 2.48. The Bertz CT molecular complexity index is 981. The Labute approximate surface area is 139 Å². The molecule has 0 amide bonds. The number of fused-ring (bicyclic) bond motifs is 1. The molecule has 1 N–H and O–H groups in total. The third-order valence-corrected chi connectivity index (χ3v) is 3.75. The Morgan fingerprint density at radius 3 is 2.33 bits per heavy atom. The number of nitrogens with zero attached hydrogens (tertiary/aromatic N) is 4. The zero-order valence-corrected chi connectivity index (χ0v) is 13.1. The number of aryl methyl sites for hydroxylation is 1. The van der Waals surface area contributed by atoms with E-state index >= 15 is 0 Å². The SMILES string of the molecule is Cc1ccc(Nc2nc(-c3ccncc3)nc3cnccc23)cc1. The summed E-state index contributed by atoms with van der Waals surface area (Å²) in [6.45, 7) is 2.07. The lowest BCUT2D eigenvalue weighted by atomic mass is 10.2. The van der Waals surface area contributed by atoms with Crippen LogP contribution in [0.1, 0.15) is 5.56 Å². The van der Waals surface area contributed by atoms with Crippen LogP contribution in [0.15, 0.2) is 67.3 Å². The van der Waals surface area contributed by atoms with E-state index in [0.717, 1.165) is 28.0 Å². The predicted molar refractivity (Wildman–Crippen MR) is 95.0 cm³/mol. The first-order chi connectivity index (χ1) is 11.8. The smallest absolute Gasteiger partial charge is 0.162 e. The van der Waals surface area contributed by atoms with E-state index in [9.17, 15) is 0 Å². The molecule has 24 heavy (non-hydrogen) atoms. The fraction of sp³-hybridized carbons (Fsp3) is 0.0526. The summed E-state index contributed by atoms with van der Waals surface area (Å²) in [5.74, 6) is 1.41. The number of pyridine rings is 2. The minimum absolute atomic E-state index is 0.646. The summed E-state index contributed by atoms with van der Waals surface area (Å²) in [5, 5.41) is 4.32. The maximum absolute atomic E-state index is 4.71. The second-order valence-electron chi connectivity index (χ2n) is 5.52. The van der Waals surface area contributed by atoms with Gasteiger partial charge >= 0.3 is 0 Å². The molecule has 0 fully saturated rings. The predicted octanol–water partition coefficient (Wildman–Crippen LogP) is 4.14. The lowest BCUT2D eigenvalue weighted by molar-refractivity contribution is 1.20. The average molecular weight is 313 g/mol. The van der Waals surface area contributed by atoms with Crippen LogP contribution in [0.3, 0.4) is 0 Å². The average Bonchev–Trinajstić information content (AvgIpc) is 2.64. The minimum atomic E-state index is 0.646. The Kier molecular flexibility index (Phi) is 3.59. The van der Waals surface area contributed by atoms with Crippen LogP contribution in [0.2, 0.25) is 0 Å². The van der Waals surface area contributed by atoms with Gasteiger partial charge in [0.1, 0.15) is 5.82 Å². The molecule has 5 heteroatoms. The first kappa shape index (κ1) is 14.3. The van der Waals surface area contributed by atoms with Crippen LogP contribution in [0, 0.1) is 6.92 Å². The molecule has 1 aromatic carbocycles. The first-order valence-electron chi connectivity index (χ1n) is 7.65. The number of aromatic nitrogens is 4. The van der Waals surface area contributed by atoms with Gasteiger partial charge in [-0.05, 0) is 37.3 Å². The molecule has 0 aliphatic heterocycles. The van der Waals surface area contributed by atoms with E-state index < -0.39 is 0 Å². The summed E-state index contributed by atoms with van der Waals surface area (Å²) in [7, 11) is 0. The second-order valence-corrected chi connectivity index (χ2v) is 5.52. The van der Waals surface area contributed by atoms with Gasteiger partial charge in [0, 0.05) is 35.2 Å². The minimum Gasteiger partial charge on any atom is -0.340 e. The van der Waals surface area contributed by atoms with E-state index in [1.807, 2.05) is 30.3 Å². The quantitative estimate of drug-likeness (QED) is 0.616. The van der Waals surface area contributed by atoms with Gasteiger partial charge in [-0.15, -0.1) is 0 Å². The van der Waals surface area contributed by atoms with Crippen molar-refractivity contribution in [3.63, 3.8) is 0 Å².